The summed E-state index contributed by atoms with van der Waals surface area (Å²) in [5.41, 5.74) is 8.30. The Kier molecular flexibility index (Phi) is 5.58. The Morgan fingerprint density at radius 3 is 2.57 bits per heavy atom. The van der Waals surface area contributed by atoms with Crippen LogP contribution in [0.5, 0.6) is 0 Å². The molecule has 7 nitrogen and oxygen atoms in total. The van der Waals surface area contributed by atoms with Crippen molar-refractivity contribution in [3.05, 3.63) is 75.5 Å². The molecule has 2 heterocycles. The summed E-state index contributed by atoms with van der Waals surface area (Å²) in [6.45, 7) is 4.38. The van der Waals surface area contributed by atoms with E-state index in [0.29, 0.717) is 23.1 Å². The number of hydrogen-bond donors (Lipinski definition) is 2. The Hall–Kier alpha value is -3.52. The van der Waals surface area contributed by atoms with E-state index in [2.05, 4.69) is 39.9 Å². The fourth-order valence-corrected chi connectivity index (χ4v) is 3.93. The van der Waals surface area contributed by atoms with Gasteiger partial charge < -0.3 is 0 Å². The van der Waals surface area contributed by atoms with E-state index in [1.54, 1.807) is 23.6 Å². The molecule has 0 radical (unpaired) electrons. The molecule has 2 aromatic heterocycles. The molecule has 0 aliphatic rings. The van der Waals surface area contributed by atoms with Crippen LogP contribution in [0.3, 0.4) is 0 Å². The number of hydrogen-bond acceptors (Lipinski definition) is 6. The molecule has 0 fully saturated rings. The Morgan fingerprint density at radius 1 is 1.07 bits per heavy atom. The highest BCUT2D eigenvalue weighted by molar-refractivity contribution is 7.13. The molecule has 2 N–H and O–H groups in total. The second-order valence-corrected chi connectivity index (χ2v) is 7.53. The number of benzene rings is 2. The normalized spacial score (nSPS) is 10.9. The number of aromatic nitrogens is 3. The Bertz CT molecular complexity index is 1260. The van der Waals surface area contributed by atoms with E-state index in [4.69, 9.17) is 0 Å². The molecule has 152 valence electrons. The number of para-hydroxylation sites is 1. The minimum atomic E-state index is -0.396. The number of carbonyl (C=O) groups is 1. The molecular weight excluding hydrogens is 398 g/mol. The third-order valence-corrected chi connectivity index (χ3v) is 5.70. The lowest BCUT2D eigenvalue weighted by Gasteiger charge is -2.13. The van der Waals surface area contributed by atoms with Crippen LogP contribution in [-0.4, -0.2) is 20.4 Å². The zero-order valence-electron chi connectivity index (χ0n) is 16.7. The van der Waals surface area contributed by atoms with Gasteiger partial charge >= 0.3 is 0 Å². The second kappa shape index (κ2) is 8.46. The minimum Gasteiger partial charge on any atom is -0.277 e. The van der Waals surface area contributed by atoms with Crippen molar-refractivity contribution in [2.75, 3.05) is 5.43 Å². The molecule has 0 unspecified atom stereocenters. The summed E-state index contributed by atoms with van der Waals surface area (Å²) in [5.74, 6) is -0.118. The predicted octanol–water partition coefficient (Wildman–Crippen LogP) is 3.86. The van der Waals surface area contributed by atoms with Gasteiger partial charge in [-0.3, -0.25) is 25.0 Å². The standard InChI is InChI=1S/C22H21N5O2S/c1-3-14-9-11-15(12-10-14)20-23-18(13-30-20)19(28)25-26-22-24-17-8-6-5-7-16(17)21(29)27(22)4-2/h5-13H,3-4H2,1-2H3,(H,24,26)(H,25,28). The number of anilines is 1. The molecule has 30 heavy (non-hydrogen) atoms. The lowest BCUT2D eigenvalue weighted by Crippen LogP contribution is -2.34. The Balaban J connectivity index is 1.53. The molecule has 0 atom stereocenters. The molecule has 0 saturated heterocycles. The van der Waals surface area contributed by atoms with Gasteiger partial charge in [0.2, 0.25) is 5.95 Å². The van der Waals surface area contributed by atoms with E-state index in [1.165, 1.54) is 21.5 Å². The van der Waals surface area contributed by atoms with E-state index in [1.807, 2.05) is 25.1 Å². The zero-order valence-corrected chi connectivity index (χ0v) is 17.5. The van der Waals surface area contributed by atoms with Crippen LogP contribution >= 0.6 is 11.3 Å². The van der Waals surface area contributed by atoms with Crippen LogP contribution in [0, 0.1) is 0 Å². The molecule has 0 spiro atoms. The van der Waals surface area contributed by atoms with Crippen molar-refractivity contribution < 1.29 is 4.79 Å². The van der Waals surface area contributed by atoms with Gasteiger partial charge in [0, 0.05) is 17.5 Å². The smallest absolute Gasteiger partial charge is 0.277 e. The van der Waals surface area contributed by atoms with E-state index in [9.17, 15) is 9.59 Å². The number of nitrogens with one attached hydrogen (secondary N) is 2. The summed E-state index contributed by atoms with van der Waals surface area (Å²) in [6, 6.07) is 15.3. The first-order valence-corrected chi connectivity index (χ1v) is 10.6. The van der Waals surface area contributed by atoms with Crippen molar-refractivity contribution in [3.63, 3.8) is 0 Å². The lowest BCUT2D eigenvalue weighted by molar-refractivity contribution is 0.0958. The molecule has 0 aliphatic carbocycles. The Morgan fingerprint density at radius 2 is 1.83 bits per heavy atom. The van der Waals surface area contributed by atoms with Crippen LogP contribution in [0.15, 0.2) is 58.7 Å². The number of rotatable bonds is 6. The number of aryl methyl sites for hydroxylation is 1. The molecule has 1 amide bonds. The number of amides is 1. The number of fused-ring (bicyclic) bond motifs is 1. The van der Waals surface area contributed by atoms with Gasteiger partial charge in [-0.05, 0) is 31.0 Å². The van der Waals surface area contributed by atoms with Gasteiger partial charge in [-0.25, -0.2) is 9.97 Å². The minimum absolute atomic E-state index is 0.161. The SMILES string of the molecule is CCc1ccc(-c2nc(C(=O)NNc3nc4ccccc4c(=O)n3CC)cs2)cc1. The highest BCUT2D eigenvalue weighted by atomic mass is 32.1. The fraction of sp³-hybridized carbons (Fsp3) is 0.182. The van der Waals surface area contributed by atoms with Crippen LogP contribution in [0.4, 0.5) is 5.95 Å². The lowest BCUT2D eigenvalue weighted by atomic mass is 10.1. The topological polar surface area (TPSA) is 88.9 Å². The summed E-state index contributed by atoms with van der Waals surface area (Å²) in [5, 5.41) is 3.02. The van der Waals surface area contributed by atoms with Crippen molar-refractivity contribution >= 4 is 34.1 Å². The highest BCUT2D eigenvalue weighted by Gasteiger charge is 2.14. The predicted molar refractivity (Wildman–Crippen MR) is 120 cm³/mol. The number of nitrogens with zero attached hydrogens (tertiary/aromatic N) is 3. The van der Waals surface area contributed by atoms with Gasteiger partial charge in [0.1, 0.15) is 10.7 Å². The van der Waals surface area contributed by atoms with E-state index in [-0.39, 0.29) is 11.5 Å². The van der Waals surface area contributed by atoms with Crippen LogP contribution in [0.1, 0.15) is 29.9 Å². The summed E-state index contributed by atoms with van der Waals surface area (Å²) < 4.78 is 1.48. The molecule has 8 heteroatoms. The molecule has 4 rings (SSSR count). The van der Waals surface area contributed by atoms with Crippen molar-refractivity contribution in [2.45, 2.75) is 26.8 Å². The fourth-order valence-electron chi connectivity index (χ4n) is 3.13. The largest absolute Gasteiger partial charge is 0.289 e. The Labute approximate surface area is 177 Å². The van der Waals surface area contributed by atoms with Crippen LogP contribution in [-0.2, 0) is 13.0 Å². The third-order valence-electron chi connectivity index (χ3n) is 4.81. The maximum atomic E-state index is 12.7. The molecule has 2 aromatic carbocycles. The van der Waals surface area contributed by atoms with Crippen LogP contribution < -0.4 is 16.4 Å². The first kappa shape index (κ1) is 19.8. The number of carbonyl (C=O) groups excluding carboxylic acids is 1. The van der Waals surface area contributed by atoms with Gasteiger partial charge in [0.05, 0.1) is 10.9 Å². The second-order valence-electron chi connectivity index (χ2n) is 6.67. The molecule has 0 saturated carbocycles. The van der Waals surface area contributed by atoms with Gasteiger partial charge in [0.25, 0.3) is 11.5 Å². The van der Waals surface area contributed by atoms with Crippen molar-refractivity contribution in [1.29, 1.82) is 0 Å². The first-order valence-electron chi connectivity index (χ1n) is 9.71. The molecule has 0 aliphatic heterocycles. The monoisotopic (exact) mass is 419 g/mol. The van der Waals surface area contributed by atoms with Crippen molar-refractivity contribution in [1.82, 2.24) is 20.0 Å². The average Bonchev–Trinajstić information content (AvgIpc) is 3.28. The highest BCUT2D eigenvalue weighted by Crippen LogP contribution is 2.24. The quantitative estimate of drug-likeness (QED) is 0.463. The summed E-state index contributed by atoms with van der Waals surface area (Å²) in [6.07, 6.45) is 0.975. The van der Waals surface area contributed by atoms with Crippen molar-refractivity contribution in [3.8, 4) is 10.6 Å². The summed E-state index contributed by atoms with van der Waals surface area (Å²) in [7, 11) is 0. The third kappa shape index (κ3) is 3.81. The van der Waals surface area contributed by atoms with Gasteiger partial charge in [-0.1, -0.05) is 43.3 Å². The van der Waals surface area contributed by atoms with Crippen molar-refractivity contribution in [2.24, 2.45) is 0 Å². The van der Waals surface area contributed by atoms with Gasteiger partial charge in [-0.2, -0.15) is 0 Å². The van der Waals surface area contributed by atoms with Crippen LogP contribution in [0.25, 0.3) is 21.5 Å². The van der Waals surface area contributed by atoms with Gasteiger partial charge in [0.15, 0.2) is 0 Å². The summed E-state index contributed by atoms with van der Waals surface area (Å²) >= 11 is 1.41. The number of thiazole rings is 1. The maximum Gasteiger partial charge on any atom is 0.289 e. The average molecular weight is 420 g/mol. The first-order chi connectivity index (χ1) is 14.6. The molecule has 4 aromatic rings. The van der Waals surface area contributed by atoms with E-state index < -0.39 is 5.91 Å². The van der Waals surface area contributed by atoms with Crippen LogP contribution in [0.2, 0.25) is 0 Å². The van der Waals surface area contributed by atoms with E-state index in [0.717, 1.165) is 17.0 Å². The maximum absolute atomic E-state index is 12.7. The number of hydrazine groups is 1. The van der Waals surface area contributed by atoms with E-state index >= 15 is 0 Å². The molecular formula is C22H21N5O2S. The summed E-state index contributed by atoms with van der Waals surface area (Å²) in [4.78, 5) is 34.1. The zero-order chi connectivity index (χ0) is 21.1. The molecule has 0 bridgehead atoms. The van der Waals surface area contributed by atoms with Gasteiger partial charge in [-0.15, -0.1) is 11.3 Å².